The molecule has 0 heterocycles. The number of benzene rings is 2. The highest BCUT2D eigenvalue weighted by Crippen LogP contribution is 2.11. The number of aliphatic imine (C=N–C) groups is 1. The lowest BCUT2D eigenvalue weighted by atomic mass is 10.2. The van der Waals surface area contributed by atoms with Crippen molar-refractivity contribution < 1.29 is 14.3 Å². The molecule has 1 amide bonds. The number of hydrogen-bond donors (Lipinski definition) is 0. The summed E-state index contributed by atoms with van der Waals surface area (Å²) in [5.41, 5.74) is 1.10. The van der Waals surface area contributed by atoms with Gasteiger partial charge >= 0.3 is 0 Å². The lowest BCUT2D eigenvalue weighted by Crippen LogP contribution is -2.08. The molecule has 0 aromatic heterocycles. The van der Waals surface area contributed by atoms with Crippen molar-refractivity contribution in [3.05, 3.63) is 71.8 Å². The Labute approximate surface area is 133 Å². The van der Waals surface area contributed by atoms with E-state index in [4.69, 9.17) is 4.74 Å². The van der Waals surface area contributed by atoms with Crippen molar-refractivity contribution in [1.29, 1.82) is 0 Å². The first-order valence-electron chi connectivity index (χ1n) is 6.64. The second-order valence-electron chi connectivity index (χ2n) is 4.33. The Balaban J connectivity index is 1.99. The van der Waals surface area contributed by atoms with Gasteiger partial charge in [-0.2, -0.15) is 4.99 Å². The molecule has 0 spiro atoms. The quantitative estimate of drug-likeness (QED) is 0.493. The minimum atomic E-state index is -0.392. The van der Waals surface area contributed by atoms with Crippen LogP contribution in [0.25, 0.3) is 0 Å². The van der Waals surface area contributed by atoms with Gasteiger partial charge in [0.2, 0.25) is 0 Å². The first kappa shape index (κ1) is 16.0. The molecule has 2 aromatic rings. The van der Waals surface area contributed by atoms with Crippen LogP contribution in [0.3, 0.4) is 0 Å². The van der Waals surface area contributed by atoms with E-state index in [2.05, 4.69) is 4.99 Å². The van der Waals surface area contributed by atoms with Crippen LogP contribution in [0.15, 0.2) is 65.7 Å². The van der Waals surface area contributed by atoms with E-state index < -0.39 is 5.91 Å². The van der Waals surface area contributed by atoms with E-state index in [0.717, 1.165) is 11.8 Å². The Kier molecular flexibility index (Phi) is 5.91. The van der Waals surface area contributed by atoms with Crippen LogP contribution in [-0.2, 0) is 4.74 Å². The molecule has 4 nitrogen and oxygen atoms in total. The fraction of sp³-hybridized carbons (Fsp3) is 0.118. The fourth-order valence-corrected chi connectivity index (χ4v) is 2.39. The molecule has 0 radical (unpaired) electrons. The average molecular weight is 313 g/mol. The van der Waals surface area contributed by atoms with Crippen molar-refractivity contribution in [3.63, 3.8) is 0 Å². The van der Waals surface area contributed by atoms with E-state index in [1.165, 1.54) is 7.11 Å². The number of rotatable bonds is 4. The molecule has 112 valence electrons. The molecular formula is C17H15NO3S. The highest BCUT2D eigenvalue weighted by atomic mass is 32.2. The SMILES string of the molecule is COC(=NC(=O)c1ccccc1)SCC(=O)c1ccccc1. The number of amides is 1. The number of thioether (sulfide) groups is 1. The van der Waals surface area contributed by atoms with Gasteiger partial charge in [0, 0.05) is 11.1 Å². The van der Waals surface area contributed by atoms with Crippen LogP contribution >= 0.6 is 11.8 Å². The minimum absolute atomic E-state index is 0.0393. The standard InChI is InChI=1S/C17H15NO3S/c1-21-17(18-16(20)14-10-6-3-7-11-14)22-12-15(19)13-8-4-2-5-9-13/h2-11H,12H2,1H3. The summed E-state index contributed by atoms with van der Waals surface area (Å²) in [6.07, 6.45) is 0. The molecule has 5 heteroatoms. The van der Waals surface area contributed by atoms with Gasteiger partial charge in [0.25, 0.3) is 11.1 Å². The molecule has 0 bridgehead atoms. The van der Waals surface area contributed by atoms with Crippen molar-refractivity contribution in [1.82, 2.24) is 0 Å². The zero-order valence-corrected chi connectivity index (χ0v) is 12.9. The molecule has 22 heavy (non-hydrogen) atoms. The highest BCUT2D eigenvalue weighted by Gasteiger charge is 2.11. The molecule has 0 fully saturated rings. The van der Waals surface area contributed by atoms with E-state index in [-0.39, 0.29) is 16.8 Å². The largest absolute Gasteiger partial charge is 0.476 e. The highest BCUT2D eigenvalue weighted by molar-refractivity contribution is 8.14. The molecule has 0 saturated heterocycles. The number of hydrogen-bond acceptors (Lipinski definition) is 4. The number of ketones is 1. The van der Waals surface area contributed by atoms with Crippen LogP contribution in [0.5, 0.6) is 0 Å². The van der Waals surface area contributed by atoms with Gasteiger partial charge in [-0.05, 0) is 12.1 Å². The summed E-state index contributed by atoms with van der Waals surface area (Å²) in [5, 5.41) is 0.179. The van der Waals surface area contributed by atoms with Crippen molar-refractivity contribution in [2.24, 2.45) is 4.99 Å². The molecule has 2 aromatic carbocycles. The topological polar surface area (TPSA) is 55.7 Å². The van der Waals surface area contributed by atoms with E-state index in [1.54, 1.807) is 36.4 Å². The lowest BCUT2D eigenvalue weighted by Gasteiger charge is -2.04. The third-order valence-corrected chi connectivity index (χ3v) is 3.72. The second-order valence-corrected chi connectivity index (χ2v) is 5.26. The molecule has 0 aliphatic heterocycles. The maximum Gasteiger partial charge on any atom is 0.280 e. The summed E-state index contributed by atoms with van der Waals surface area (Å²) in [5.74, 6) is -0.265. The molecule has 0 aliphatic rings. The maximum atomic E-state index is 12.0. The van der Waals surface area contributed by atoms with Gasteiger partial charge in [-0.15, -0.1) is 0 Å². The Bertz CT molecular complexity index is 669. The number of Topliss-reactive ketones (excluding diaryl/α,β-unsaturated/α-hetero) is 1. The summed E-state index contributed by atoms with van der Waals surface area (Å²) < 4.78 is 5.07. The predicted octanol–water partition coefficient (Wildman–Crippen LogP) is 3.45. The van der Waals surface area contributed by atoms with Crippen LogP contribution in [0.2, 0.25) is 0 Å². The number of ether oxygens (including phenoxy) is 1. The third-order valence-electron chi connectivity index (χ3n) is 2.81. The molecule has 0 saturated carbocycles. The van der Waals surface area contributed by atoms with Crippen molar-refractivity contribution >= 4 is 28.7 Å². The fourth-order valence-electron chi connectivity index (χ4n) is 1.70. The Hall–Kier alpha value is -2.40. The van der Waals surface area contributed by atoms with Gasteiger partial charge in [0.1, 0.15) is 0 Å². The lowest BCUT2D eigenvalue weighted by molar-refractivity contribution is 0.0996. The van der Waals surface area contributed by atoms with Gasteiger partial charge < -0.3 is 4.74 Å². The van der Waals surface area contributed by atoms with Crippen molar-refractivity contribution in [2.45, 2.75) is 0 Å². The van der Waals surface area contributed by atoms with Crippen LogP contribution < -0.4 is 0 Å². The normalized spacial score (nSPS) is 11.0. The Morgan fingerprint density at radius 3 is 2.05 bits per heavy atom. The van der Waals surface area contributed by atoms with Gasteiger partial charge in [-0.3, -0.25) is 9.59 Å². The van der Waals surface area contributed by atoms with Crippen molar-refractivity contribution in [2.75, 3.05) is 12.9 Å². The van der Waals surface area contributed by atoms with Gasteiger partial charge in [0.15, 0.2) is 5.78 Å². The molecule has 0 aliphatic carbocycles. The summed E-state index contributed by atoms with van der Waals surface area (Å²) >= 11 is 1.10. The predicted molar refractivity (Wildman–Crippen MR) is 88.4 cm³/mol. The van der Waals surface area contributed by atoms with Crippen LogP contribution in [0, 0.1) is 0 Å². The summed E-state index contributed by atoms with van der Waals surface area (Å²) in [4.78, 5) is 27.9. The molecule has 0 atom stereocenters. The van der Waals surface area contributed by atoms with E-state index in [1.807, 2.05) is 24.3 Å². The minimum Gasteiger partial charge on any atom is -0.476 e. The number of methoxy groups -OCH3 is 1. The first-order chi connectivity index (χ1) is 10.7. The van der Waals surface area contributed by atoms with E-state index in [0.29, 0.717) is 11.1 Å². The zero-order valence-electron chi connectivity index (χ0n) is 12.1. The third kappa shape index (κ3) is 4.56. The van der Waals surface area contributed by atoms with Gasteiger partial charge in [-0.25, -0.2) is 0 Å². The first-order valence-corrected chi connectivity index (χ1v) is 7.62. The van der Waals surface area contributed by atoms with Crippen molar-refractivity contribution in [3.8, 4) is 0 Å². The second kappa shape index (κ2) is 8.14. The Morgan fingerprint density at radius 1 is 0.955 bits per heavy atom. The van der Waals surface area contributed by atoms with E-state index >= 15 is 0 Å². The monoisotopic (exact) mass is 313 g/mol. The van der Waals surface area contributed by atoms with Gasteiger partial charge in [0.05, 0.1) is 12.9 Å². The molecule has 0 N–H and O–H groups in total. The number of nitrogens with zero attached hydrogens (tertiary/aromatic N) is 1. The van der Waals surface area contributed by atoms with Crippen LogP contribution in [-0.4, -0.2) is 29.8 Å². The summed E-state index contributed by atoms with van der Waals surface area (Å²) in [6, 6.07) is 17.7. The van der Waals surface area contributed by atoms with E-state index in [9.17, 15) is 9.59 Å². The van der Waals surface area contributed by atoms with Gasteiger partial charge in [-0.1, -0.05) is 60.3 Å². The molecule has 0 unspecified atom stereocenters. The van der Waals surface area contributed by atoms with Crippen LogP contribution in [0.4, 0.5) is 0 Å². The summed E-state index contributed by atoms with van der Waals surface area (Å²) in [6.45, 7) is 0. The maximum absolute atomic E-state index is 12.0. The smallest absolute Gasteiger partial charge is 0.280 e. The Morgan fingerprint density at radius 2 is 1.50 bits per heavy atom. The number of carbonyl (C=O) groups excluding carboxylic acids is 2. The zero-order chi connectivity index (χ0) is 15.8. The molecule has 2 rings (SSSR count). The average Bonchev–Trinajstić information content (AvgIpc) is 2.59. The molecular weight excluding hydrogens is 298 g/mol. The van der Waals surface area contributed by atoms with Crippen LogP contribution in [0.1, 0.15) is 20.7 Å². The summed E-state index contributed by atoms with van der Waals surface area (Å²) in [7, 11) is 1.43. The number of carbonyl (C=O) groups is 2.